The molecule has 3 atom stereocenters. The molecule has 0 bridgehead atoms. The van der Waals surface area contributed by atoms with Gasteiger partial charge in [0.25, 0.3) is 5.91 Å². The van der Waals surface area contributed by atoms with Gasteiger partial charge in [-0.2, -0.15) is 0 Å². The van der Waals surface area contributed by atoms with E-state index in [0.717, 1.165) is 36.1 Å². The van der Waals surface area contributed by atoms with E-state index in [1.54, 1.807) is 12.3 Å². The Balaban J connectivity index is 1.18. The molecule has 0 radical (unpaired) electrons. The number of amides is 2. The Morgan fingerprint density at radius 1 is 1.20 bits per heavy atom. The van der Waals surface area contributed by atoms with Crippen molar-refractivity contribution in [3.05, 3.63) is 83.1 Å². The van der Waals surface area contributed by atoms with Crippen LogP contribution in [0.15, 0.2) is 72.0 Å². The maximum atomic E-state index is 12.9. The van der Waals surface area contributed by atoms with Gasteiger partial charge in [-0.15, -0.1) is 0 Å². The van der Waals surface area contributed by atoms with Gasteiger partial charge in [0.05, 0.1) is 5.41 Å². The maximum Gasteiger partial charge on any atom is 0.269 e. The van der Waals surface area contributed by atoms with Gasteiger partial charge >= 0.3 is 0 Å². The molecule has 180 valence electrons. The topological polar surface area (TPSA) is 107 Å². The van der Waals surface area contributed by atoms with Crippen LogP contribution in [0.1, 0.15) is 49.8 Å². The molecule has 2 aliphatic heterocycles. The van der Waals surface area contributed by atoms with Crippen LogP contribution in [0.25, 0.3) is 0 Å². The van der Waals surface area contributed by atoms with Crippen LogP contribution in [0.2, 0.25) is 0 Å². The lowest BCUT2D eigenvalue weighted by Gasteiger charge is -2.19. The molecule has 3 heterocycles. The Labute approximate surface area is 205 Å². The van der Waals surface area contributed by atoms with Gasteiger partial charge in [-0.25, -0.2) is 4.98 Å². The number of aromatic nitrogens is 1. The number of hydrogen-bond donors (Lipinski definition) is 4. The van der Waals surface area contributed by atoms with Crippen molar-refractivity contribution in [2.75, 3.05) is 18.4 Å². The molecular weight excluding hydrogens is 438 g/mol. The molecule has 1 aromatic carbocycles. The largest absolute Gasteiger partial charge is 0.351 e. The first-order valence-electron chi connectivity index (χ1n) is 12.3. The van der Waals surface area contributed by atoms with Crippen LogP contribution in [0.3, 0.4) is 0 Å². The van der Waals surface area contributed by atoms with Gasteiger partial charge in [-0.3, -0.25) is 15.0 Å². The molecule has 4 N–H and O–H groups in total. The number of benzene rings is 1. The Kier molecular flexibility index (Phi) is 6.34. The van der Waals surface area contributed by atoms with Crippen LogP contribution in [-0.2, 0) is 15.0 Å². The summed E-state index contributed by atoms with van der Waals surface area (Å²) in [4.78, 5) is 29.9. The minimum Gasteiger partial charge on any atom is -0.351 e. The maximum absolute atomic E-state index is 12.9. The zero-order valence-electron chi connectivity index (χ0n) is 19.9. The number of nitrogens with one attached hydrogen (secondary N) is 4. The molecule has 5 rings (SSSR count). The molecule has 3 unspecified atom stereocenters. The fraction of sp³-hybridized carbons (Fsp3) is 0.357. The lowest BCUT2D eigenvalue weighted by atomic mass is 9.80. The van der Waals surface area contributed by atoms with E-state index in [1.807, 2.05) is 31.2 Å². The van der Waals surface area contributed by atoms with Crippen molar-refractivity contribution in [3.63, 3.8) is 0 Å². The molecule has 2 aromatic rings. The number of pyridine rings is 1. The number of anilines is 1. The molecule has 1 saturated carbocycles. The van der Waals surface area contributed by atoms with E-state index in [0.29, 0.717) is 37.2 Å². The molecule has 1 saturated heterocycles. The summed E-state index contributed by atoms with van der Waals surface area (Å²) in [5.41, 5.74) is 3.27. The zero-order valence-corrected chi connectivity index (χ0v) is 19.9. The van der Waals surface area contributed by atoms with Crippen LogP contribution in [0.4, 0.5) is 5.82 Å². The third-order valence-electron chi connectivity index (χ3n) is 7.56. The monoisotopic (exact) mass is 469 g/mol. The van der Waals surface area contributed by atoms with Crippen LogP contribution in [0.5, 0.6) is 0 Å². The molecular formula is C28H31N5O2. The van der Waals surface area contributed by atoms with E-state index in [-0.39, 0.29) is 17.5 Å². The van der Waals surface area contributed by atoms with Crippen molar-refractivity contribution in [2.45, 2.75) is 44.1 Å². The molecule has 7 heteroatoms. The van der Waals surface area contributed by atoms with Crippen LogP contribution in [0, 0.1) is 11.3 Å². The average molecular weight is 470 g/mol. The molecule has 1 aliphatic carbocycles. The second kappa shape index (κ2) is 9.58. The van der Waals surface area contributed by atoms with Crippen molar-refractivity contribution < 1.29 is 9.59 Å². The van der Waals surface area contributed by atoms with Gasteiger partial charge in [0.1, 0.15) is 11.5 Å². The molecule has 1 spiro atoms. The summed E-state index contributed by atoms with van der Waals surface area (Å²) in [6.45, 7) is 3.41. The second-order valence-electron chi connectivity index (χ2n) is 9.70. The van der Waals surface area contributed by atoms with Gasteiger partial charge in [-0.05, 0) is 73.9 Å². The first kappa shape index (κ1) is 23.2. The zero-order chi connectivity index (χ0) is 24.4. The number of rotatable bonds is 6. The summed E-state index contributed by atoms with van der Waals surface area (Å²) in [6.07, 6.45) is 8.20. The SMILES string of the molecule is C/C=C1/CC2(C/C1=C/C(=N)C(=O)NCCC1CNC(c3ccccc3)C1)C(=O)Nc1ncccc12. The molecule has 3 aliphatic rings. The highest BCUT2D eigenvalue weighted by Crippen LogP contribution is 2.52. The van der Waals surface area contributed by atoms with Gasteiger partial charge in [0.2, 0.25) is 5.91 Å². The Hall–Kier alpha value is -3.58. The minimum atomic E-state index is -0.710. The van der Waals surface area contributed by atoms with E-state index in [1.165, 1.54) is 5.56 Å². The lowest BCUT2D eigenvalue weighted by molar-refractivity contribution is -0.120. The van der Waals surface area contributed by atoms with E-state index < -0.39 is 5.41 Å². The summed E-state index contributed by atoms with van der Waals surface area (Å²) in [6, 6.07) is 14.6. The fourth-order valence-electron chi connectivity index (χ4n) is 5.66. The van der Waals surface area contributed by atoms with E-state index in [4.69, 9.17) is 5.41 Å². The van der Waals surface area contributed by atoms with Crippen molar-refractivity contribution in [2.24, 2.45) is 5.92 Å². The normalized spacial score (nSPS) is 27.4. The van der Waals surface area contributed by atoms with Crippen LogP contribution >= 0.6 is 0 Å². The van der Waals surface area contributed by atoms with Gasteiger partial charge in [0.15, 0.2) is 0 Å². The summed E-state index contributed by atoms with van der Waals surface area (Å²) < 4.78 is 0. The highest BCUT2D eigenvalue weighted by atomic mass is 16.2. The quantitative estimate of drug-likeness (QED) is 0.483. The molecule has 35 heavy (non-hydrogen) atoms. The summed E-state index contributed by atoms with van der Waals surface area (Å²) >= 11 is 0. The number of fused-ring (bicyclic) bond motifs is 2. The first-order chi connectivity index (χ1) is 17.0. The fourth-order valence-corrected chi connectivity index (χ4v) is 5.66. The van der Waals surface area contributed by atoms with Crippen LogP contribution in [-0.4, -0.2) is 35.6 Å². The van der Waals surface area contributed by atoms with Gasteiger partial charge in [0, 0.05) is 24.3 Å². The molecule has 2 fully saturated rings. The van der Waals surface area contributed by atoms with E-state index in [9.17, 15) is 9.59 Å². The number of carbonyl (C=O) groups excluding carboxylic acids is 2. The van der Waals surface area contributed by atoms with E-state index in [2.05, 4.69) is 45.2 Å². The highest BCUT2D eigenvalue weighted by molar-refractivity contribution is 6.42. The Morgan fingerprint density at radius 2 is 2.00 bits per heavy atom. The molecule has 1 aromatic heterocycles. The summed E-state index contributed by atoms with van der Waals surface area (Å²) in [7, 11) is 0. The standard InChI is InChI=1S/C28H31N5O2/c1-2-19-15-28(22-9-6-11-30-25(22)33-27(28)35)16-21(19)14-23(29)26(34)31-12-10-18-13-24(32-17-18)20-7-4-3-5-8-20/h2-9,11,14,18,24,29,32H,10,12-13,15-17H2,1H3,(H,31,34)(H,30,33,35)/b19-2-,21-14-,29-23?. The Morgan fingerprint density at radius 3 is 2.80 bits per heavy atom. The minimum absolute atomic E-state index is 0.0658. The van der Waals surface area contributed by atoms with E-state index >= 15 is 0 Å². The van der Waals surface area contributed by atoms with Crippen molar-refractivity contribution in [1.82, 2.24) is 15.6 Å². The molecule has 2 amide bonds. The van der Waals surface area contributed by atoms with Crippen LogP contribution < -0.4 is 16.0 Å². The number of carbonyl (C=O) groups is 2. The summed E-state index contributed by atoms with van der Waals surface area (Å²) in [5.74, 6) is 0.658. The highest BCUT2D eigenvalue weighted by Gasteiger charge is 2.52. The number of allylic oxidation sites excluding steroid dienone is 3. The van der Waals surface area contributed by atoms with Crippen molar-refractivity contribution in [3.8, 4) is 0 Å². The third kappa shape index (κ3) is 4.44. The van der Waals surface area contributed by atoms with Gasteiger partial charge in [-0.1, -0.05) is 42.5 Å². The predicted octanol–water partition coefficient (Wildman–Crippen LogP) is 3.81. The van der Waals surface area contributed by atoms with Crippen molar-refractivity contribution >= 4 is 23.3 Å². The number of hydrogen-bond acceptors (Lipinski definition) is 5. The summed E-state index contributed by atoms with van der Waals surface area (Å²) in [5, 5.41) is 17.7. The lowest BCUT2D eigenvalue weighted by Crippen LogP contribution is -2.32. The third-order valence-corrected chi connectivity index (χ3v) is 7.56. The van der Waals surface area contributed by atoms with Gasteiger partial charge < -0.3 is 16.0 Å². The van der Waals surface area contributed by atoms with Crippen molar-refractivity contribution in [1.29, 1.82) is 5.41 Å². The number of nitrogens with zero attached hydrogens (tertiary/aromatic N) is 1. The average Bonchev–Trinajstić information content (AvgIpc) is 3.57. The predicted molar refractivity (Wildman–Crippen MR) is 136 cm³/mol. The smallest absolute Gasteiger partial charge is 0.269 e. The first-order valence-corrected chi connectivity index (χ1v) is 12.3. The molecule has 7 nitrogen and oxygen atoms in total. The Bertz CT molecular complexity index is 1220. The second-order valence-corrected chi connectivity index (χ2v) is 9.70.